The van der Waals surface area contributed by atoms with Crippen LogP contribution in [0.2, 0.25) is 0 Å². The third-order valence-electron chi connectivity index (χ3n) is 3.08. The van der Waals surface area contributed by atoms with E-state index in [0.29, 0.717) is 0 Å². The van der Waals surface area contributed by atoms with Crippen LogP contribution >= 0.6 is 33.2 Å². The zero-order chi connectivity index (χ0) is 15.8. The van der Waals surface area contributed by atoms with Gasteiger partial charge in [-0.2, -0.15) is 0 Å². The van der Waals surface area contributed by atoms with Crippen molar-refractivity contribution in [2.45, 2.75) is 58.3 Å². The lowest BCUT2D eigenvalue weighted by atomic mass is 10.1. The molecule has 0 fully saturated rings. The Morgan fingerprint density at radius 2 is 1.38 bits per heavy atom. The van der Waals surface area contributed by atoms with Crippen molar-refractivity contribution in [3.8, 4) is 0 Å². The maximum atomic E-state index is 4.94. The van der Waals surface area contributed by atoms with Crippen LogP contribution in [-0.2, 0) is 0 Å². The van der Waals surface area contributed by atoms with Crippen molar-refractivity contribution in [3.63, 3.8) is 0 Å². The Labute approximate surface area is 146 Å². The van der Waals surface area contributed by atoms with E-state index in [-0.39, 0.29) is 0 Å². The van der Waals surface area contributed by atoms with Crippen molar-refractivity contribution in [2.75, 3.05) is 0 Å². The molecule has 1 aromatic rings. The van der Waals surface area contributed by atoms with E-state index in [1.54, 1.807) is 0 Å². The van der Waals surface area contributed by atoms with Gasteiger partial charge in [-0.1, -0.05) is 87.9 Å². The van der Waals surface area contributed by atoms with E-state index in [1.165, 1.54) is 56.9 Å². The molecular formula is C17H27Cl3Si. The second-order valence-corrected chi connectivity index (χ2v) is 11.4. The third kappa shape index (κ3) is 18.0. The molecule has 0 saturated carbocycles. The van der Waals surface area contributed by atoms with Crippen molar-refractivity contribution < 1.29 is 0 Å². The fourth-order valence-corrected chi connectivity index (χ4v) is 2.00. The summed E-state index contributed by atoms with van der Waals surface area (Å²) >= 11 is 14.8. The Morgan fingerprint density at radius 3 is 1.95 bits per heavy atom. The highest BCUT2D eigenvalue weighted by Crippen LogP contribution is 2.09. The summed E-state index contributed by atoms with van der Waals surface area (Å²) in [7, 11) is 0. The van der Waals surface area contributed by atoms with Gasteiger partial charge < -0.3 is 0 Å². The van der Waals surface area contributed by atoms with E-state index in [4.69, 9.17) is 33.2 Å². The fourth-order valence-electron chi connectivity index (χ4n) is 2.00. The Balaban J connectivity index is 0.000000885. The third-order valence-corrected chi connectivity index (χ3v) is 3.08. The van der Waals surface area contributed by atoms with Crippen LogP contribution < -0.4 is 0 Å². The zero-order valence-electron chi connectivity index (χ0n) is 12.9. The van der Waals surface area contributed by atoms with Crippen LogP contribution in [0.5, 0.6) is 0 Å². The molecular weight excluding hydrogens is 339 g/mol. The molecule has 0 bridgehead atoms. The van der Waals surface area contributed by atoms with Gasteiger partial charge in [0.2, 0.25) is 0 Å². The molecule has 0 aromatic heterocycles. The van der Waals surface area contributed by atoms with Crippen LogP contribution in [0.1, 0.15) is 63.9 Å². The number of allylic oxidation sites excluding steroid dienone is 1. The summed E-state index contributed by atoms with van der Waals surface area (Å²) in [5, 5.41) is 0. The highest BCUT2D eigenvalue weighted by atomic mass is 35.8. The molecule has 4 heteroatoms. The minimum atomic E-state index is -1.72. The zero-order valence-corrected chi connectivity index (χ0v) is 16.3. The molecule has 0 nitrogen and oxygen atoms in total. The van der Waals surface area contributed by atoms with Crippen LogP contribution in [0.15, 0.2) is 36.4 Å². The number of benzene rings is 1. The molecule has 0 aliphatic heterocycles. The average Bonchev–Trinajstić information content (AvgIpc) is 2.46. The quantitative estimate of drug-likeness (QED) is 0.245. The highest BCUT2D eigenvalue weighted by molar-refractivity contribution is 7.54. The fraction of sp³-hybridized carbons (Fsp3) is 0.529. The summed E-state index contributed by atoms with van der Waals surface area (Å²) in [5.74, 6) is 0. The van der Waals surface area contributed by atoms with E-state index in [2.05, 4.69) is 49.4 Å². The number of rotatable bonds is 9. The maximum absolute atomic E-state index is 4.94. The monoisotopic (exact) mass is 364 g/mol. The van der Waals surface area contributed by atoms with Gasteiger partial charge in [0, 0.05) is 0 Å². The molecule has 0 saturated heterocycles. The van der Waals surface area contributed by atoms with Gasteiger partial charge in [-0.05, 0) is 18.4 Å². The average molecular weight is 366 g/mol. The second-order valence-electron chi connectivity index (χ2n) is 4.97. The second kappa shape index (κ2) is 16.4. The normalized spacial score (nSPS) is 10.7. The standard InChI is InChI=1S/C17H26.Cl3HSi/c1-2-3-4-5-6-7-8-9-11-14-17-15-12-10-13-16-17;1-4(2)3/h10-16H,2-9H2,1H3;4H. The summed E-state index contributed by atoms with van der Waals surface area (Å²) in [4.78, 5) is 0. The lowest BCUT2D eigenvalue weighted by Crippen LogP contribution is -1.79. The summed E-state index contributed by atoms with van der Waals surface area (Å²) in [5.41, 5.74) is 1.32. The molecule has 0 unspecified atom stereocenters. The van der Waals surface area contributed by atoms with Crippen LogP contribution in [0, 0.1) is 0 Å². The van der Waals surface area contributed by atoms with Crippen molar-refractivity contribution in [1.82, 2.24) is 0 Å². The SMILES string of the molecule is CCCCCCCCCC=Cc1ccccc1.Cl[SiH](Cl)Cl. The van der Waals surface area contributed by atoms with Gasteiger partial charge >= 0.3 is 6.73 Å². The van der Waals surface area contributed by atoms with Gasteiger partial charge in [-0.25, -0.2) is 0 Å². The first-order valence-corrected chi connectivity index (χ1v) is 13.0. The first-order chi connectivity index (χ1) is 10.2. The molecule has 0 radical (unpaired) electrons. The topological polar surface area (TPSA) is 0 Å². The molecule has 120 valence electrons. The number of hydrogen-bond acceptors (Lipinski definition) is 0. The molecule has 0 aliphatic carbocycles. The van der Waals surface area contributed by atoms with Crippen molar-refractivity contribution in [3.05, 3.63) is 42.0 Å². The van der Waals surface area contributed by atoms with Crippen molar-refractivity contribution in [2.24, 2.45) is 0 Å². The van der Waals surface area contributed by atoms with Crippen molar-refractivity contribution >= 4 is 46.0 Å². The lowest BCUT2D eigenvalue weighted by molar-refractivity contribution is 0.592. The summed E-state index contributed by atoms with van der Waals surface area (Å²) in [6, 6.07) is 10.6. The van der Waals surface area contributed by atoms with Crippen LogP contribution in [-0.4, -0.2) is 6.73 Å². The predicted octanol–water partition coefficient (Wildman–Crippen LogP) is 7.26. The Bertz CT molecular complexity index is 336. The Kier molecular flexibility index (Phi) is 16.5. The Morgan fingerprint density at radius 1 is 0.857 bits per heavy atom. The summed E-state index contributed by atoms with van der Waals surface area (Å²) in [6.45, 7) is 0.550. The van der Waals surface area contributed by atoms with E-state index in [0.717, 1.165) is 0 Å². The number of unbranched alkanes of at least 4 members (excludes halogenated alkanes) is 7. The minimum Gasteiger partial charge on any atom is -0.130 e. The minimum absolute atomic E-state index is 1.22. The van der Waals surface area contributed by atoms with E-state index < -0.39 is 6.73 Å². The molecule has 0 spiro atoms. The van der Waals surface area contributed by atoms with Gasteiger partial charge in [0.25, 0.3) is 0 Å². The predicted molar refractivity (Wildman–Crippen MR) is 103 cm³/mol. The molecule has 21 heavy (non-hydrogen) atoms. The molecule has 0 heterocycles. The maximum Gasteiger partial charge on any atom is 0.326 e. The van der Waals surface area contributed by atoms with E-state index in [1.807, 2.05) is 0 Å². The number of halogens is 3. The number of hydrogen-bond donors (Lipinski definition) is 0. The molecule has 0 atom stereocenters. The lowest BCUT2D eigenvalue weighted by Gasteiger charge is -1.98. The van der Waals surface area contributed by atoms with Gasteiger partial charge in [-0.3, -0.25) is 0 Å². The van der Waals surface area contributed by atoms with Gasteiger partial charge in [0.15, 0.2) is 0 Å². The largest absolute Gasteiger partial charge is 0.326 e. The molecule has 1 aromatic carbocycles. The van der Waals surface area contributed by atoms with Crippen LogP contribution in [0.25, 0.3) is 6.08 Å². The van der Waals surface area contributed by atoms with Crippen molar-refractivity contribution in [1.29, 1.82) is 0 Å². The van der Waals surface area contributed by atoms with E-state index >= 15 is 0 Å². The van der Waals surface area contributed by atoms with E-state index in [9.17, 15) is 0 Å². The smallest absolute Gasteiger partial charge is 0.130 e. The Hall–Kier alpha value is 0.0469. The highest BCUT2D eigenvalue weighted by Gasteiger charge is 1.89. The van der Waals surface area contributed by atoms with Crippen LogP contribution in [0.4, 0.5) is 0 Å². The van der Waals surface area contributed by atoms with Crippen LogP contribution in [0.3, 0.4) is 0 Å². The van der Waals surface area contributed by atoms with Gasteiger partial charge in [0.05, 0.1) is 0 Å². The molecule has 0 aliphatic rings. The first kappa shape index (κ1) is 21.0. The molecule has 0 amide bonds. The molecule has 0 N–H and O–H groups in total. The van der Waals surface area contributed by atoms with Gasteiger partial charge in [0.1, 0.15) is 0 Å². The van der Waals surface area contributed by atoms with Gasteiger partial charge in [-0.15, -0.1) is 33.2 Å². The summed E-state index contributed by atoms with van der Waals surface area (Å²) < 4.78 is 0. The first-order valence-electron chi connectivity index (χ1n) is 7.80. The summed E-state index contributed by atoms with van der Waals surface area (Å²) in [6.07, 6.45) is 15.5. The molecule has 1 rings (SSSR count).